The van der Waals surface area contributed by atoms with Crippen LogP contribution in [0, 0.1) is 17.2 Å². The Kier molecular flexibility index (Phi) is 5.69. The Hall–Kier alpha value is -2.65. The number of likely N-dealkylation sites (tertiary alicyclic amines) is 1. The number of hydrogen-bond acceptors (Lipinski definition) is 4. The zero-order valence-electron chi connectivity index (χ0n) is 14.9. The van der Waals surface area contributed by atoms with E-state index in [0.717, 1.165) is 37.9 Å². The van der Waals surface area contributed by atoms with E-state index in [4.69, 9.17) is 11.0 Å². The van der Waals surface area contributed by atoms with Crippen LogP contribution in [-0.4, -0.2) is 54.3 Å². The SMILES string of the molecule is N#Cc1ccc(C2=CCN(CC(=O)N3CCCC(C(N)=O)C3)CC2)cc1. The molecule has 6 heteroatoms. The molecule has 2 N–H and O–H groups in total. The first-order valence-corrected chi connectivity index (χ1v) is 9.06. The normalized spacial score (nSPS) is 21.0. The van der Waals surface area contributed by atoms with Crippen LogP contribution in [0.25, 0.3) is 5.57 Å². The molecule has 1 fully saturated rings. The number of amides is 2. The molecular formula is C20H24N4O2. The highest BCUT2D eigenvalue weighted by atomic mass is 16.2. The molecule has 2 aliphatic rings. The second kappa shape index (κ2) is 8.15. The van der Waals surface area contributed by atoms with E-state index in [9.17, 15) is 9.59 Å². The van der Waals surface area contributed by atoms with Crippen LogP contribution in [0.1, 0.15) is 30.4 Å². The second-order valence-electron chi connectivity index (χ2n) is 6.98. The molecular weight excluding hydrogens is 328 g/mol. The van der Waals surface area contributed by atoms with Crippen LogP contribution in [0.2, 0.25) is 0 Å². The second-order valence-corrected chi connectivity index (χ2v) is 6.98. The summed E-state index contributed by atoms with van der Waals surface area (Å²) in [6, 6.07) is 9.74. The van der Waals surface area contributed by atoms with Crippen molar-refractivity contribution in [3.8, 4) is 6.07 Å². The molecule has 0 saturated carbocycles. The topological polar surface area (TPSA) is 90.4 Å². The summed E-state index contributed by atoms with van der Waals surface area (Å²) in [5.41, 5.74) is 8.44. The van der Waals surface area contributed by atoms with Crippen LogP contribution in [0.3, 0.4) is 0 Å². The van der Waals surface area contributed by atoms with Gasteiger partial charge in [0.2, 0.25) is 11.8 Å². The van der Waals surface area contributed by atoms with Crippen LogP contribution in [0.15, 0.2) is 30.3 Å². The number of benzene rings is 1. The van der Waals surface area contributed by atoms with Crippen molar-refractivity contribution in [2.24, 2.45) is 11.7 Å². The van der Waals surface area contributed by atoms with Gasteiger partial charge in [-0.15, -0.1) is 0 Å². The third-order valence-electron chi connectivity index (χ3n) is 5.21. The Morgan fingerprint density at radius 3 is 2.62 bits per heavy atom. The van der Waals surface area contributed by atoms with E-state index in [2.05, 4.69) is 17.0 Å². The molecule has 1 aromatic carbocycles. The molecule has 3 rings (SSSR count). The lowest BCUT2D eigenvalue weighted by atomic mass is 9.97. The number of primary amides is 1. The predicted octanol–water partition coefficient (Wildman–Crippen LogP) is 1.37. The van der Waals surface area contributed by atoms with E-state index >= 15 is 0 Å². The zero-order chi connectivity index (χ0) is 18.5. The summed E-state index contributed by atoms with van der Waals surface area (Å²) in [6.07, 6.45) is 4.64. The molecule has 1 saturated heterocycles. The van der Waals surface area contributed by atoms with Crippen molar-refractivity contribution in [3.05, 3.63) is 41.5 Å². The summed E-state index contributed by atoms with van der Waals surface area (Å²) < 4.78 is 0. The average molecular weight is 352 g/mol. The van der Waals surface area contributed by atoms with Crippen molar-refractivity contribution in [3.63, 3.8) is 0 Å². The lowest BCUT2D eigenvalue weighted by molar-refractivity contribution is -0.135. The van der Waals surface area contributed by atoms with Gasteiger partial charge in [0, 0.05) is 26.2 Å². The van der Waals surface area contributed by atoms with Gasteiger partial charge < -0.3 is 10.6 Å². The summed E-state index contributed by atoms with van der Waals surface area (Å²) in [6.45, 7) is 3.10. The first kappa shape index (κ1) is 18.2. The first-order chi connectivity index (χ1) is 12.6. The number of rotatable bonds is 4. The number of carbonyl (C=O) groups excluding carboxylic acids is 2. The maximum atomic E-state index is 12.5. The highest BCUT2D eigenvalue weighted by Gasteiger charge is 2.28. The van der Waals surface area contributed by atoms with Crippen molar-refractivity contribution in [1.82, 2.24) is 9.80 Å². The van der Waals surface area contributed by atoms with Gasteiger partial charge in [-0.2, -0.15) is 5.26 Å². The zero-order valence-corrected chi connectivity index (χ0v) is 14.9. The molecule has 2 amide bonds. The molecule has 0 aliphatic carbocycles. The van der Waals surface area contributed by atoms with Crippen molar-refractivity contribution in [1.29, 1.82) is 5.26 Å². The third kappa shape index (κ3) is 4.30. The molecule has 0 radical (unpaired) electrons. The first-order valence-electron chi connectivity index (χ1n) is 9.06. The van der Waals surface area contributed by atoms with Gasteiger partial charge in [0.25, 0.3) is 0 Å². The van der Waals surface area contributed by atoms with Crippen LogP contribution in [0.4, 0.5) is 0 Å². The molecule has 1 aromatic rings. The Morgan fingerprint density at radius 2 is 2.00 bits per heavy atom. The van der Waals surface area contributed by atoms with Crippen LogP contribution >= 0.6 is 0 Å². The van der Waals surface area contributed by atoms with Gasteiger partial charge in [-0.1, -0.05) is 18.2 Å². The summed E-state index contributed by atoms with van der Waals surface area (Å²) in [5, 5.41) is 8.88. The molecule has 6 nitrogen and oxygen atoms in total. The number of nitriles is 1. The van der Waals surface area contributed by atoms with Crippen molar-refractivity contribution in [2.45, 2.75) is 19.3 Å². The number of nitrogens with zero attached hydrogens (tertiary/aromatic N) is 3. The number of nitrogens with two attached hydrogens (primary N) is 1. The van der Waals surface area contributed by atoms with E-state index in [1.165, 1.54) is 5.57 Å². The number of hydrogen-bond donors (Lipinski definition) is 1. The molecule has 0 aromatic heterocycles. The Balaban J connectivity index is 1.54. The molecule has 0 bridgehead atoms. The molecule has 1 unspecified atom stereocenters. The smallest absolute Gasteiger partial charge is 0.236 e. The van der Waals surface area contributed by atoms with Crippen molar-refractivity contribution < 1.29 is 9.59 Å². The minimum atomic E-state index is -0.310. The maximum absolute atomic E-state index is 12.5. The fourth-order valence-electron chi connectivity index (χ4n) is 3.60. The highest BCUT2D eigenvalue weighted by Crippen LogP contribution is 2.23. The van der Waals surface area contributed by atoms with Gasteiger partial charge in [0.1, 0.15) is 0 Å². The average Bonchev–Trinajstić information content (AvgIpc) is 2.68. The van der Waals surface area contributed by atoms with Gasteiger partial charge in [0.15, 0.2) is 0 Å². The van der Waals surface area contributed by atoms with Crippen molar-refractivity contribution in [2.75, 3.05) is 32.7 Å². The minimum Gasteiger partial charge on any atom is -0.369 e. The van der Waals surface area contributed by atoms with E-state index in [0.29, 0.717) is 25.2 Å². The molecule has 2 aliphatic heterocycles. The van der Waals surface area contributed by atoms with Crippen LogP contribution in [0.5, 0.6) is 0 Å². The van der Waals surface area contributed by atoms with Crippen molar-refractivity contribution >= 4 is 17.4 Å². The number of piperidine rings is 1. The van der Waals surface area contributed by atoms with E-state index in [-0.39, 0.29) is 17.7 Å². The Labute approximate surface area is 153 Å². The fourth-order valence-corrected chi connectivity index (χ4v) is 3.60. The van der Waals surface area contributed by atoms with Gasteiger partial charge in [0.05, 0.1) is 24.1 Å². The van der Waals surface area contributed by atoms with E-state index in [1.807, 2.05) is 24.3 Å². The van der Waals surface area contributed by atoms with Gasteiger partial charge in [-0.3, -0.25) is 14.5 Å². The monoisotopic (exact) mass is 352 g/mol. The standard InChI is InChI=1S/C20H24N4O2/c21-12-15-3-5-16(6-4-15)17-7-10-23(11-8-17)14-19(25)24-9-1-2-18(13-24)20(22)26/h3-7,18H,1-2,8-11,13-14H2,(H2,22,26). The van der Waals surface area contributed by atoms with E-state index < -0.39 is 0 Å². The summed E-state index contributed by atoms with van der Waals surface area (Å²) in [4.78, 5) is 27.8. The van der Waals surface area contributed by atoms with E-state index in [1.54, 1.807) is 4.90 Å². The van der Waals surface area contributed by atoms with Gasteiger partial charge >= 0.3 is 0 Å². The summed E-state index contributed by atoms with van der Waals surface area (Å²) in [7, 11) is 0. The Morgan fingerprint density at radius 1 is 1.23 bits per heavy atom. The Bertz CT molecular complexity index is 748. The number of carbonyl (C=O) groups is 2. The minimum absolute atomic E-state index is 0.0752. The molecule has 26 heavy (non-hydrogen) atoms. The molecule has 136 valence electrons. The summed E-state index contributed by atoms with van der Waals surface area (Å²) >= 11 is 0. The fraction of sp³-hybridized carbons (Fsp3) is 0.450. The maximum Gasteiger partial charge on any atom is 0.236 e. The largest absolute Gasteiger partial charge is 0.369 e. The van der Waals surface area contributed by atoms with Gasteiger partial charge in [-0.05, 0) is 42.5 Å². The lowest BCUT2D eigenvalue weighted by Crippen LogP contribution is -2.48. The quantitative estimate of drug-likeness (QED) is 0.886. The third-order valence-corrected chi connectivity index (χ3v) is 5.21. The van der Waals surface area contributed by atoms with Crippen LogP contribution in [-0.2, 0) is 9.59 Å². The molecule has 1 atom stereocenters. The molecule has 0 spiro atoms. The predicted molar refractivity (Wildman–Crippen MR) is 98.7 cm³/mol. The molecule has 2 heterocycles. The van der Waals surface area contributed by atoms with Crippen LogP contribution < -0.4 is 5.73 Å². The lowest BCUT2D eigenvalue weighted by Gasteiger charge is -2.33. The highest BCUT2D eigenvalue weighted by molar-refractivity contribution is 5.81. The van der Waals surface area contributed by atoms with Gasteiger partial charge in [-0.25, -0.2) is 0 Å². The summed E-state index contributed by atoms with van der Waals surface area (Å²) in [5.74, 6) is -0.446.